The first-order valence-electron chi connectivity index (χ1n) is 13.0. The second-order valence-electron chi connectivity index (χ2n) is 10.6. The van der Waals surface area contributed by atoms with Gasteiger partial charge in [0.2, 0.25) is 0 Å². The minimum Gasteiger partial charge on any atom is -0.493 e. The fourth-order valence-corrected chi connectivity index (χ4v) is 7.07. The number of piperidine rings is 1. The van der Waals surface area contributed by atoms with Crippen LogP contribution in [-0.4, -0.2) is 59.5 Å². The number of benzene rings is 2. The van der Waals surface area contributed by atoms with Crippen molar-refractivity contribution in [1.82, 2.24) is 19.9 Å². The Bertz CT molecular complexity index is 1470. The van der Waals surface area contributed by atoms with Crippen molar-refractivity contribution in [1.29, 1.82) is 0 Å². The van der Waals surface area contributed by atoms with Gasteiger partial charge in [0.05, 0.1) is 27.0 Å². The number of hydrogen-bond acceptors (Lipinski definition) is 7. The summed E-state index contributed by atoms with van der Waals surface area (Å²) in [5, 5.41) is 9.74. The average molecular weight is 569 g/mol. The number of carbonyl (C=O) groups is 1. The number of methoxy groups -OCH3 is 2. The monoisotopic (exact) mass is 568 g/mol. The molecule has 0 radical (unpaired) electrons. The van der Waals surface area contributed by atoms with Crippen LogP contribution in [0.3, 0.4) is 0 Å². The van der Waals surface area contributed by atoms with Gasteiger partial charge in [-0.05, 0) is 61.8 Å². The van der Waals surface area contributed by atoms with Crippen LogP contribution < -0.4 is 9.47 Å². The molecule has 39 heavy (non-hydrogen) atoms. The second-order valence-corrected chi connectivity index (χ2v) is 11.4. The van der Waals surface area contributed by atoms with Gasteiger partial charge in [-0.25, -0.2) is 4.68 Å². The summed E-state index contributed by atoms with van der Waals surface area (Å²) in [7, 11) is 5.38. The van der Waals surface area contributed by atoms with Crippen molar-refractivity contribution in [2.45, 2.75) is 43.9 Å². The van der Waals surface area contributed by atoms with Gasteiger partial charge in [-0.3, -0.25) is 4.79 Å². The lowest BCUT2D eigenvalue weighted by Crippen LogP contribution is -2.60. The Labute approximate surface area is 237 Å². The fraction of sp³-hybridized carbons (Fsp3) is 0.414. The molecule has 0 unspecified atom stereocenters. The summed E-state index contributed by atoms with van der Waals surface area (Å²) in [4.78, 5) is 15.6. The number of carbonyl (C=O) groups excluding carboxylic acids is 1. The smallest absolute Gasteiger partial charge is 0.197 e. The Kier molecular flexibility index (Phi) is 6.81. The number of likely N-dealkylation sites (N-methyl/N-ethyl adjacent to an activating group) is 1. The summed E-state index contributed by atoms with van der Waals surface area (Å²) >= 11 is 12.4. The number of rotatable bonds is 7. The second kappa shape index (κ2) is 10.2. The first-order valence-corrected chi connectivity index (χ1v) is 13.7. The molecule has 1 fully saturated rings. The van der Waals surface area contributed by atoms with Crippen molar-refractivity contribution < 1.29 is 19.0 Å². The molecule has 1 aromatic heterocycles. The minimum atomic E-state index is -0.378. The van der Waals surface area contributed by atoms with Crippen molar-refractivity contribution >= 4 is 29.0 Å². The van der Waals surface area contributed by atoms with Gasteiger partial charge in [-0.2, -0.15) is 0 Å². The average Bonchev–Trinajstić information content (AvgIpc) is 3.37. The molecule has 3 aromatic rings. The third kappa shape index (κ3) is 4.48. The third-order valence-electron chi connectivity index (χ3n) is 8.48. The lowest BCUT2D eigenvalue weighted by atomic mass is 9.53. The van der Waals surface area contributed by atoms with Gasteiger partial charge in [0.25, 0.3) is 0 Å². The number of nitrogens with zero attached hydrogens (tertiary/aromatic N) is 4. The van der Waals surface area contributed by atoms with Gasteiger partial charge in [0.1, 0.15) is 12.3 Å². The van der Waals surface area contributed by atoms with Crippen LogP contribution in [0.15, 0.2) is 48.4 Å². The highest BCUT2D eigenvalue weighted by Crippen LogP contribution is 2.58. The van der Waals surface area contributed by atoms with Crippen LogP contribution in [0.5, 0.6) is 11.5 Å². The van der Waals surface area contributed by atoms with E-state index in [0.717, 1.165) is 30.5 Å². The molecule has 2 aliphatic carbocycles. The molecule has 2 aromatic carbocycles. The van der Waals surface area contributed by atoms with E-state index in [1.165, 1.54) is 5.56 Å². The van der Waals surface area contributed by atoms with Crippen molar-refractivity contribution in [3.63, 3.8) is 0 Å². The van der Waals surface area contributed by atoms with Gasteiger partial charge < -0.3 is 19.1 Å². The number of halogens is 2. The molecule has 3 atom stereocenters. The zero-order valence-corrected chi connectivity index (χ0v) is 23.6. The third-order valence-corrected chi connectivity index (χ3v) is 9.07. The van der Waals surface area contributed by atoms with Crippen LogP contribution in [0.2, 0.25) is 10.0 Å². The fourth-order valence-electron chi connectivity index (χ4n) is 6.60. The Hall–Kier alpha value is -3.07. The van der Waals surface area contributed by atoms with Crippen LogP contribution >= 0.6 is 23.2 Å². The first-order chi connectivity index (χ1) is 18.8. The van der Waals surface area contributed by atoms with E-state index in [9.17, 15) is 4.79 Å². The highest BCUT2D eigenvalue weighted by molar-refractivity contribution is 6.35. The predicted molar refractivity (Wildman–Crippen MR) is 148 cm³/mol. The number of Topliss-reactive ketones (excluding diaryl/α,β-unsaturated/α-hetero) is 1. The van der Waals surface area contributed by atoms with Crippen molar-refractivity contribution in [3.05, 3.63) is 80.8 Å². The number of hydrogen-bond donors (Lipinski definition) is 0. The Morgan fingerprint density at radius 1 is 1.15 bits per heavy atom. The van der Waals surface area contributed by atoms with Crippen LogP contribution in [0, 0.1) is 5.92 Å². The molecule has 10 heteroatoms. The number of allylic oxidation sites excluding steroid dienone is 1. The maximum Gasteiger partial charge on any atom is 0.197 e. The van der Waals surface area contributed by atoms with Gasteiger partial charge in [0.15, 0.2) is 23.0 Å². The van der Waals surface area contributed by atoms with Gasteiger partial charge in [-0.1, -0.05) is 40.5 Å². The highest BCUT2D eigenvalue weighted by atomic mass is 35.5. The van der Waals surface area contributed by atoms with E-state index in [-0.39, 0.29) is 29.8 Å². The van der Waals surface area contributed by atoms with E-state index >= 15 is 0 Å². The largest absolute Gasteiger partial charge is 0.493 e. The van der Waals surface area contributed by atoms with Crippen molar-refractivity contribution in [2.75, 3.05) is 27.8 Å². The number of aromatic nitrogens is 3. The van der Waals surface area contributed by atoms with Crippen LogP contribution in [0.25, 0.3) is 0 Å². The number of ketones is 1. The maximum absolute atomic E-state index is 13.2. The standard InChI is InChI=1S/C29H30Cl2N4O4/c1-34-9-8-29-13-24(36)26(38-3)12-21(29)23(34)10-17-5-7-25(37-2)28(27(17)29)39-16-20-15-35(33-32-20)14-18-4-6-19(30)11-22(18)31/h4-7,11-12,15,21,23H,8-10,13-14,16H2,1-3H3/t21-,23+,29-/m1/s1. The molecule has 3 aliphatic rings. The van der Waals surface area contributed by atoms with E-state index < -0.39 is 0 Å². The normalized spacial score (nSPS) is 24.0. The lowest BCUT2D eigenvalue weighted by Gasteiger charge is -2.56. The molecule has 0 amide bonds. The summed E-state index contributed by atoms with van der Waals surface area (Å²) in [5.41, 5.74) is 3.46. The SMILES string of the molecule is COC1=C[C@@H]2[C@@H]3Cc4ccc(OC)c(OCc5cn(Cc6ccc(Cl)cc6Cl)nn5)c4[C@]2(CCN3C)CC1=O. The summed E-state index contributed by atoms with van der Waals surface area (Å²) in [6.45, 7) is 1.57. The minimum absolute atomic E-state index is 0.0301. The van der Waals surface area contributed by atoms with Gasteiger partial charge >= 0.3 is 0 Å². The number of likely N-dealkylation sites (tertiary alicyclic amines) is 1. The van der Waals surface area contributed by atoms with E-state index in [4.69, 9.17) is 37.4 Å². The maximum atomic E-state index is 13.2. The summed E-state index contributed by atoms with van der Waals surface area (Å²) in [6, 6.07) is 9.76. The molecule has 0 saturated carbocycles. The Balaban J connectivity index is 1.33. The zero-order chi connectivity index (χ0) is 27.3. The highest BCUT2D eigenvalue weighted by Gasteiger charge is 2.56. The quantitative estimate of drug-likeness (QED) is 0.403. The molecule has 2 bridgehead atoms. The van der Waals surface area contributed by atoms with Crippen molar-refractivity contribution in [3.8, 4) is 11.5 Å². The number of ether oxygens (including phenoxy) is 3. The summed E-state index contributed by atoms with van der Waals surface area (Å²) < 4.78 is 19.5. The lowest BCUT2D eigenvalue weighted by molar-refractivity contribution is -0.122. The predicted octanol–water partition coefficient (Wildman–Crippen LogP) is 4.84. The molecule has 2 heterocycles. The molecule has 1 aliphatic heterocycles. The summed E-state index contributed by atoms with van der Waals surface area (Å²) in [5.74, 6) is 1.95. The van der Waals surface area contributed by atoms with Crippen LogP contribution in [-0.2, 0) is 34.5 Å². The number of fused-ring (bicyclic) bond motifs is 1. The summed E-state index contributed by atoms with van der Waals surface area (Å²) in [6.07, 6.45) is 5.98. The molecule has 204 valence electrons. The Morgan fingerprint density at radius 2 is 2.00 bits per heavy atom. The van der Waals surface area contributed by atoms with Gasteiger partial charge in [0, 0.05) is 39.4 Å². The molecular formula is C29H30Cl2N4O4. The topological polar surface area (TPSA) is 78.7 Å². The van der Waals surface area contributed by atoms with Crippen LogP contribution in [0.1, 0.15) is 35.2 Å². The molecular weight excluding hydrogens is 539 g/mol. The van der Waals surface area contributed by atoms with E-state index in [2.05, 4.69) is 28.3 Å². The Morgan fingerprint density at radius 3 is 2.77 bits per heavy atom. The molecule has 1 saturated heterocycles. The van der Waals surface area contributed by atoms with E-state index in [1.54, 1.807) is 31.0 Å². The molecule has 8 nitrogen and oxygen atoms in total. The zero-order valence-electron chi connectivity index (χ0n) is 22.1. The van der Waals surface area contributed by atoms with Gasteiger partial charge in [-0.15, -0.1) is 5.10 Å². The van der Waals surface area contributed by atoms with E-state index in [1.807, 2.05) is 24.4 Å². The molecule has 0 N–H and O–H groups in total. The molecule has 0 spiro atoms. The first kappa shape index (κ1) is 26.2. The molecule has 6 rings (SSSR count). The van der Waals surface area contributed by atoms with Crippen molar-refractivity contribution in [2.24, 2.45) is 5.92 Å². The van der Waals surface area contributed by atoms with E-state index in [0.29, 0.717) is 46.0 Å². The van der Waals surface area contributed by atoms with Crippen LogP contribution in [0.4, 0.5) is 0 Å².